The molecule has 160 valence electrons. The number of hydrogen-bond donors (Lipinski definition) is 1. The van der Waals surface area contributed by atoms with Gasteiger partial charge in [-0.05, 0) is 49.8 Å². The van der Waals surface area contributed by atoms with E-state index in [0.29, 0.717) is 12.0 Å². The molecule has 4 atom stereocenters. The van der Waals surface area contributed by atoms with Crippen LogP contribution < -0.4 is 5.32 Å². The highest BCUT2D eigenvalue weighted by Crippen LogP contribution is 2.37. The molecule has 0 radical (unpaired) electrons. The molecule has 1 saturated carbocycles. The average molecular weight is 408 g/mol. The summed E-state index contributed by atoms with van der Waals surface area (Å²) < 4.78 is 2.04. The maximum atomic E-state index is 12.8. The van der Waals surface area contributed by atoms with E-state index in [0.717, 1.165) is 56.2 Å². The summed E-state index contributed by atoms with van der Waals surface area (Å²) in [6.45, 7) is 2.84. The molecule has 0 spiro atoms. The molecule has 30 heavy (non-hydrogen) atoms. The van der Waals surface area contributed by atoms with Crippen LogP contribution in [0.2, 0.25) is 0 Å². The molecule has 1 aromatic carbocycles. The molecule has 1 unspecified atom stereocenters. The molecule has 4 fully saturated rings. The van der Waals surface area contributed by atoms with E-state index in [9.17, 15) is 4.79 Å². The predicted molar refractivity (Wildman–Crippen MR) is 117 cm³/mol. The Morgan fingerprint density at radius 1 is 1.10 bits per heavy atom. The average Bonchev–Trinajstić information content (AvgIpc) is 3.22. The predicted octanol–water partition coefficient (Wildman–Crippen LogP) is 3.75. The molecule has 4 aliphatic rings. The smallest absolute Gasteiger partial charge is 0.229 e. The van der Waals surface area contributed by atoms with Gasteiger partial charge in [-0.2, -0.15) is 0 Å². The largest absolute Gasteiger partial charge is 0.326 e. The molecule has 1 N–H and O–H groups in total. The van der Waals surface area contributed by atoms with Gasteiger partial charge in [0, 0.05) is 24.5 Å². The van der Waals surface area contributed by atoms with Gasteiger partial charge in [0.25, 0.3) is 0 Å². The standard InChI is InChI=1S/C24H33N5O/c30-24(25-20-9-5-2-6-10-20)23-17-28-12-11-19(23)14-22(28)16-29-15-21(26-27-29)13-18-7-3-1-4-8-18/h2,5-6,9-10,15,18-19,22-23H,1,3-4,7-8,11-14,16-17H2,(H,25,30)/t19-,22+,23+/m0/s1. The lowest BCUT2D eigenvalue weighted by molar-refractivity contribution is -0.127. The topological polar surface area (TPSA) is 63.1 Å². The number of rotatable bonds is 6. The van der Waals surface area contributed by atoms with Gasteiger partial charge in [0.05, 0.1) is 18.2 Å². The van der Waals surface area contributed by atoms with Crippen LogP contribution in [0.25, 0.3) is 0 Å². The van der Waals surface area contributed by atoms with E-state index >= 15 is 0 Å². The number of benzene rings is 1. The highest BCUT2D eigenvalue weighted by molar-refractivity contribution is 5.93. The van der Waals surface area contributed by atoms with Gasteiger partial charge >= 0.3 is 0 Å². The van der Waals surface area contributed by atoms with Crippen molar-refractivity contribution in [2.75, 3.05) is 18.4 Å². The number of carbonyl (C=O) groups excluding carboxylic acids is 1. The van der Waals surface area contributed by atoms with Crippen LogP contribution in [-0.4, -0.2) is 44.9 Å². The number of nitrogens with zero attached hydrogens (tertiary/aromatic N) is 4. The van der Waals surface area contributed by atoms with E-state index < -0.39 is 0 Å². The van der Waals surface area contributed by atoms with Crippen LogP contribution in [0.4, 0.5) is 5.69 Å². The van der Waals surface area contributed by atoms with Gasteiger partial charge in [-0.1, -0.05) is 55.5 Å². The molecular weight excluding hydrogens is 374 g/mol. The summed E-state index contributed by atoms with van der Waals surface area (Å²) in [5.41, 5.74) is 2.04. The molecule has 1 amide bonds. The Kier molecular flexibility index (Phi) is 5.84. The van der Waals surface area contributed by atoms with Crippen molar-refractivity contribution in [3.63, 3.8) is 0 Å². The van der Waals surface area contributed by atoms with Crippen LogP contribution in [0.1, 0.15) is 50.6 Å². The minimum Gasteiger partial charge on any atom is -0.326 e. The Balaban J connectivity index is 1.16. The van der Waals surface area contributed by atoms with Gasteiger partial charge in [0.2, 0.25) is 5.91 Å². The first-order valence-electron chi connectivity index (χ1n) is 11.7. The van der Waals surface area contributed by atoms with Crippen molar-refractivity contribution in [3.8, 4) is 0 Å². The quantitative estimate of drug-likeness (QED) is 0.792. The summed E-state index contributed by atoms with van der Waals surface area (Å²) in [6.07, 6.45) is 12.3. The van der Waals surface area contributed by atoms with Gasteiger partial charge in [-0.25, -0.2) is 0 Å². The molecule has 3 saturated heterocycles. The molecule has 2 bridgehead atoms. The zero-order valence-electron chi connectivity index (χ0n) is 17.7. The number of carbonyl (C=O) groups is 1. The number of para-hydroxylation sites is 1. The highest BCUT2D eigenvalue weighted by Gasteiger charge is 2.43. The molecule has 2 aromatic rings. The van der Waals surface area contributed by atoms with E-state index in [1.165, 1.54) is 32.1 Å². The van der Waals surface area contributed by atoms with Gasteiger partial charge < -0.3 is 5.32 Å². The lowest BCUT2D eigenvalue weighted by atomic mass is 9.75. The summed E-state index contributed by atoms with van der Waals surface area (Å²) in [5.74, 6) is 1.52. The van der Waals surface area contributed by atoms with Gasteiger partial charge in [-0.15, -0.1) is 5.10 Å². The van der Waals surface area contributed by atoms with E-state index in [1.807, 2.05) is 35.0 Å². The first kappa shape index (κ1) is 19.7. The Morgan fingerprint density at radius 2 is 1.93 bits per heavy atom. The van der Waals surface area contributed by atoms with E-state index in [1.54, 1.807) is 0 Å². The summed E-state index contributed by atoms with van der Waals surface area (Å²) in [4.78, 5) is 15.3. The first-order valence-corrected chi connectivity index (χ1v) is 11.7. The van der Waals surface area contributed by atoms with Gasteiger partial charge in [-0.3, -0.25) is 14.4 Å². The molecule has 6 rings (SSSR count). The van der Waals surface area contributed by atoms with Crippen LogP contribution in [0.15, 0.2) is 36.5 Å². The molecular formula is C24H33N5O. The first-order chi connectivity index (χ1) is 14.7. The van der Waals surface area contributed by atoms with Crippen LogP contribution in [0.3, 0.4) is 0 Å². The van der Waals surface area contributed by atoms with E-state index in [2.05, 4.69) is 26.7 Å². The third kappa shape index (κ3) is 4.43. The summed E-state index contributed by atoms with van der Waals surface area (Å²) in [5, 5.41) is 12.0. The van der Waals surface area contributed by atoms with Crippen molar-refractivity contribution in [2.45, 2.75) is 64.0 Å². The Morgan fingerprint density at radius 3 is 2.70 bits per heavy atom. The zero-order chi connectivity index (χ0) is 20.3. The number of nitrogens with one attached hydrogen (secondary N) is 1. The van der Waals surface area contributed by atoms with Crippen molar-refractivity contribution < 1.29 is 4.79 Å². The van der Waals surface area contributed by atoms with Crippen molar-refractivity contribution in [1.29, 1.82) is 0 Å². The van der Waals surface area contributed by atoms with Crippen LogP contribution in [0, 0.1) is 17.8 Å². The SMILES string of the molecule is O=C(Nc1ccccc1)[C@@H]1CN2CC[C@H]1C[C@@H]2Cn1cc(CC2CCCCC2)nn1. The fraction of sp³-hybridized carbons (Fsp3) is 0.625. The lowest BCUT2D eigenvalue weighted by Gasteiger charge is -2.49. The van der Waals surface area contributed by atoms with Crippen LogP contribution >= 0.6 is 0 Å². The fourth-order valence-electron chi connectivity index (χ4n) is 5.81. The lowest BCUT2D eigenvalue weighted by Crippen LogP contribution is -2.57. The Hall–Kier alpha value is -2.21. The van der Waals surface area contributed by atoms with Crippen LogP contribution in [0.5, 0.6) is 0 Å². The van der Waals surface area contributed by atoms with Gasteiger partial charge in [0.1, 0.15) is 0 Å². The number of piperidine rings is 3. The van der Waals surface area contributed by atoms with Crippen LogP contribution in [-0.2, 0) is 17.8 Å². The van der Waals surface area contributed by atoms with Crippen molar-refractivity contribution in [2.24, 2.45) is 17.8 Å². The maximum absolute atomic E-state index is 12.8. The van der Waals surface area contributed by atoms with Gasteiger partial charge in [0.15, 0.2) is 0 Å². The maximum Gasteiger partial charge on any atom is 0.229 e. The third-order valence-electron chi connectivity index (χ3n) is 7.46. The summed E-state index contributed by atoms with van der Waals surface area (Å²) in [6, 6.07) is 10.3. The van der Waals surface area contributed by atoms with E-state index in [4.69, 9.17) is 0 Å². The fourth-order valence-corrected chi connectivity index (χ4v) is 5.81. The number of anilines is 1. The Labute approximate surface area is 179 Å². The Bertz CT molecular complexity index is 844. The molecule has 6 nitrogen and oxygen atoms in total. The molecule has 1 aliphatic carbocycles. The summed E-state index contributed by atoms with van der Waals surface area (Å²) >= 11 is 0. The second-order valence-electron chi connectivity index (χ2n) is 9.54. The zero-order valence-corrected chi connectivity index (χ0v) is 17.7. The molecule has 6 heteroatoms. The highest BCUT2D eigenvalue weighted by atomic mass is 16.2. The number of aromatic nitrogens is 3. The minimum atomic E-state index is 0.0906. The van der Waals surface area contributed by atoms with Crippen molar-refractivity contribution >= 4 is 11.6 Å². The monoisotopic (exact) mass is 407 g/mol. The summed E-state index contributed by atoms with van der Waals surface area (Å²) in [7, 11) is 0. The second-order valence-corrected chi connectivity index (χ2v) is 9.54. The third-order valence-corrected chi connectivity index (χ3v) is 7.46. The molecule has 3 aliphatic heterocycles. The van der Waals surface area contributed by atoms with E-state index in [-0.39, 0.29) is 11.8 Å². The number of fused-ring (bicyclic) bond motifs is 3. The second kappa shape index (κ2) is 8.88. The molecule has 4 heterocycles. The number of amides is 1. The molecule has 1 aromatic heterocycles. The van der Waals surface area contributed by atoms with Crippen molar-refractivity contribution in [1.82, 2.24) is 19.9 Å². The number of hydrogen-bond acceptors (Lipinski definition) is 4. The minimum absolute atomic E-state index is 0.0906. The van der Waals surface area contributed by atoms with Crippen molar-refractivity contribution in [3.05, 3.63) is 42.2 Å². The normalized spacial score (nSPS) is 29.1.